The summed E-state index contributed by atoms with van der Waals surface area (Å²) in [6, 6.07) is 0. The Bertz CT molecular complexity index is 989. The SMILES string of the molecule is COC(=O)[C@H]1O[C@H](O[C@H]2[C@@H](O)[C@@H](CO)O[C@H](O[C@@H]3[C@@H](O[C@@H]4O[C@H](CO)[C@@H](O)[C@H](O)[C@H]4O)[C@H](C)OC(O)[C@@H]3O)[C@@H]2O)[C@H](O)[C@@H](O)[C@@H]1O. The zero-order chi connectivity index (χ0) is 34.2. The minimum Gasteiger partial charge on any atom is -0.467 e. The number of carbonyl (C=O) groups excluding carboxylic acids is 1. The molecule has 268 valence electrons. The number of carbonyl (C=O) groups is 1. The Labute approximate surface area is 260 Å². The van der Waals surface area contributed by atoms with Gasteiger partial charge in [0.05, 0.1) is 26.4 Å². The molecule has 12 N–H and O–H groups in total. The zero-order valence-electron chi connectivity index (χ0n) is 24.5. The van der Waals surface area contributed by atoms with E-state index in [1.54, 1.807) is 0 Å². The van der Waals surface area contributed by atoms with Gasteiger partial charge in [-0.1, -0.05) is 0 Å². The fourth-order valence-electron chi connectivity index (χ4n) is 5.59. The van der Waals surface area contributed by atoms with Crippen LogP contribution in [-0.2, 0) is 42.7 Å². The molecule has 0 aromatic rings. The Morgan fingerprint density at radius 2 is 1.02 bits per heavy atom. The van der Waals surface area contributed by atoms with Crippen LogP contribution in [0.5, 0.6) is 0 Å². The number of esters is 1. The van der Waals surface area contributed by atoms with Crippen LogP contribution >= 0.6 is 0 Å². The lowest BCUT2D eigenvalue weighted by atomic mass is 9.95. The van der Waals surface area contributed by atoms with E-state index in [-0.39, 0.29) is 0 Å². The van der Waals surface area contributed by atoms with Gasteiger partial charge in [-0.25, -0.2) is 4.79 Å². The van der Waals surface area contributed by atoms with Crippen LogP contribution in [0.3, 0.4) is 0 Å². The fourth-order valence-corrected chi connectivity index (χ4v) is 5.59. The highest BCUT2D eigenvalue weighted by molar-refractivity contribution is 5.75. The van der Waals surface area contributed by atoms with Crippen LogP contribution in [0, 0.1) is 0 Å². The van der Waals surface area contributed by atoms with Gasteiger partial charge in [-0.2, -0.15) is 0 Å². The first kappa shape index (κ1) is 37.5. The molecule has 1 unspecified atom stereocenters. The average molecular weight is 679 g/mol. The highest BCUT2D eigenvalue weighted by Crippen LogP contribution is 2.34. The molecule has 4 fully saturated rings. The number of aliphatic hydroxyl groups excluding tert-OH is 12. The molecule has 21 nitrogen and oxygen atoms in total. The van der Waals surface area contributed by atoms with E-state index in [4.69, 9.17) is 33.2 Å². The molecule has 0 radical (unpaired) electrons. The number of ether oxygens (including phenoxy) is 8. The highest BCUT2D eigenvalue weighted by Gasteiger charge is 2.55. The average Bonchev–Trinajstić information content (AvgIpc) is 3.03. The fraction of sp³-hybridized carbons (Fsp3) is 0.960. The van der Waals surface area contributed by atoms with E-state index in [9.17, 15) is 66.1 Å². The van der Waals surface area contributed by atoms with E-state index in [1.807, 2.05) is 0 Å². The Kier molecular flexibility index (Phi) is 12.6. The van der Waals surface area contributed by atoms with Gasteiger partial charge in [0.15, 0.2) is 31.3 Å². The molecule has 4 rings (SSSR count). The number of aliphatic hydroxyl groups is 12. The molecule has 0 saturated carbocycles. The monoisotopic (exact) mass is 678 g/mol. The van der Waals surface area contributed by atoms with Crippen molar-refractivity contribution in [3.05, 3.63) is 0 Å². The van der Waals surface area contributed by atoms with Gasteiger partial charge >= 0.3 is 5.97 Å². The van der Waals surface area contributed by atoms with Crippen LogP contribution in [0.4, 0.5) is 0 Å². The third-order valence-electron chi connectivity index (χ3n) is 8.32. The molecule has 0 aromatic carbocycles. The van der Waals surface area contributed by atoms with Gasteiger partial charge in [-0.15, -0.1) is 0 Å². The highest BCUT2D eigenvalue weighted by atomic mass is 16.8. The van der Waals surface area contributed by atoms with Crippen molar-refractivity contribution in [1.82, 2.24) is 0 Å². The second-order valence-electron chi connectivity index (χ2n) is 11.3. The Balaban J connectivity index is 1.56. The van der Waals surface area contributed by atoms with Crippen LogP contribution in [0.25, 0.3) is 0 Å². The third kappa shape index (κ3) is 7.33. The third-order valence-corrected chi connectivity index (χ3v) is 8.32. The Hall–Kier alpha value is -1.29. The second-order valence-corrected chi connectivity index (χ2v) is 11.3. The first-order valence-electron chi connectivity index (χ1n) is 14.3. The minimum atomic E-state index is -2.07. The van der Waals surface area contributed by atoms with Gasteiger partial charge in [0, 0.05) is 0 Å². The lowest BCUT2D eigenvalue weighted by Gasteiger charge is -2.49. The summed E-state index contributed by atoms with van der Waals surface area (Å²) in [6.07, 6.45) is -36.0. The summed E-state index contributed by atoms with van der Waals surface area (Å²) in [7, 11) is 0.961. The second kappa shape index (κ2) is 15.5. The molecule has 0 aliphatic carbocycles. The maximum Gasteiger partial charge on any atom is 0.337 e. The summed E-state index contributed by atoms with van der Waals surface area (Å²) < 4.78 is 42.9. The maximum absolute atomic E-state index is 12.1. The molecule has 20 atom stereocenters. The molecule has 46 heavy (non-hydrogen) atoms. The van der Waals surface area contributed by atoms with Crippen molar-refractivity contribution in [2.24, 2.45) is 0 Å². The van der Waals surface area contributed by atoms with E-state index >= 15 is 0 Å². The van der Waals surface area contributed by atoms with Crippen molar-refractivity contribution in [3.63, 3.8) is 0 Å². The van der Waals surface area contributed by atoms with Gasteiger partial charge in [-0.3, -0.25) is 0 Å². The standard InChI is InChI=1S/C25H42O21/c1-5-17(43-23-13(33)10(30)8(28)6(3-26)41-23)19(15(35)21(37)40-5)45-25-16(36)18(9(29)7(4-27)42-25)44-24-14(34)11(31)12(32)20(46-24)22(38)39-2/h5-21,23-37H,3-4H2,1-2H3/t5-,6+,7+,8+,9-,10-,11-,12-,13+,14+,15+,16+,17-,18-,19-,20-,21?,23-,24-,25+/m0/s1. The van der Waals surface area contributed by atoms with E-state index in [0.717, 1.165) is 7.11 Å². The summed E-state index contributed by atoms with van der Waals surface area (Å²) in [5.74, 6) is -1.15. The molecule has 0 spiro atoms. The molecule has 0 bridgehead atoms. The number of hydrogen-bond donors (Lipinski definition) is 12. The molecule has 4 aliphatic rings. The topological polar surface area (TPSA) is 334 Å². The number of rotatable bonds is 9. The van der Waals surface area contributed by atoms with Gasteiger partial charge in [0.2, 0.25) is 0 Å². The summed E-state index contributed by atoms with van der Waals surface area (Å²) in [4.78, 5) is 12.1. The lowest BCUT2D eigenvalue weighted by Crippen LogP contribution is -2.67. The van der Waals surface area contributed by atoms with Crippen molar-refractivity contribution in [1.29, 1.82) is 0 Å². The van der Waals surface area contributed by atoms with Crippen molar-refractivity contribution in [2.75, 3.05) is 20.3 Å². The van der Waals surface area contributed by atoms with Crippen molar-refractivity contribution in [2.45, 2.75) is 130 Å². The first-order valence-corrected chi connectivity index (χ1v) is 14.3. The smallest absolute Gasteiger partial charge is 0.337 e. The minimum absolute atomic E-state index is 0.785. The van der Waals surface area contributed by atoms with E-state index < -0.39 is 142 Å². The molecular weight excluding hydrogens is 636 g/mol. The van der Waals surface area contributed by atoms with Gasteiger partial charge in [0.25, 0.3) is 0 Å². The van der Waals surface area contributed by atoms with E-state index in [0.29, 0.717) is 0 Å². The molecule has 4 heterocycles. The number of methoxy groups -OCH3 is 1. The molecule has 0 aromatic heterocycles. The van der Waals surface area contributed by atoms with Crippen LogP contribution in [-0.4, -0.2) is 210 Å². The van der Waals surface area contributed by atoms with Crippen LogP contribution in [0.1, 0.15) is 6.92 Å². The van der Waals surface area contributed by atoms with Crippen molar-refractivity contribution in [3.8, 4) is 0 Å². The molecule has 4 aliphatic heterocycles. The molecule has 21 heteroatoms. The summed E-state index contributed by atoms with van der Waals surface area (Å²) in [6.45, 7) is -0.343. The van der Waals surface area contributed by atoms with E-state index in [1.165, 1.54) is 6.92 Å². The molecule has 0 amide bonds. The van der Waals surface area contributed by atoms with Crippen LogP contribution in [0.2, 0.25) is 0 Å². The largest absolute Gasteiger partial charge is 0.467 e. The normalized spacial score (nSPS) is 51.9. The first-order chi connectivity index (χ1) is 21.7. The van der Waals surface area contributed by atoms with Gasteiger partial charge in [0.1, 0.15) is 85.5 Å². The summed E-state index contributed by atoms with van der Waals surface area (Å²) >= 11 is 0. The van der Waals surface area contributed by atoms with Crippen LogP contribution in [0.15, 0.2) is 0 Å². The number of hydrogen-bond acceptors (Lipinski definition) is 21. The quantitative estimate of drug-likeness (QED) is 0.101. The predicted molar refractivity (Wildman–Crippen MR) is 137 cm³/mol. The van der Waals surface area contributed by atoms with Crippen LogP contribution < -0.4 is 0 Å². The van der Waals surface area contributed by atoms with Crippen molar-refractivity contribution >= 4 is 5.97 Å². The predicted octanol–water partition coefficient (Wildman–Crippen LogP) is -8.54. The maximum atomic E-state index is 12.1. The molecule has 4 saturated heterocycles. The van der Waals surface area contributed by atoms with Gasteiger partial charge in [-0.05, 0) is 6.92 Å². The van der Waals surface area contributed by atoms with E-state index in [2.05, 4.69) is 4.74 Å². The lowest BCUT2D eigenvalue weighted by molar-refractivity contribution is -0.390. The Morgan fingerprint density at radius 3 is 1.59 bits per heavy atom. The zero-order valence-corrected chi connectivity index (χ0v) is 24.5. The van der Waals surface area contributed by atoms with Crippen molar-refractivity contribution < 1.29 is 104 Å². The summed E-state index contributed by atoms with van der Waals surface area (Å²) in [5.41, 5.74) is 0. The molecular formula is C25H42O21. The van der Waals surface area contributed by atoms with Gasteiger partial charge < -0.3 is 99.2 Å². The Morgan fingerprint density at radius 1 is 0.543 bits per heavy atom. The summed E-state index contributed by atoms with van der Waals surface area (Å²) in [5, 5.41) is 124.